The van der Waals surface area contributed by atoms with Gasteiger partial charge in [0.2, 0.25) is 17.6 Å². The normalized spacial score (nSPS) is 10.5. The number of hydrogen-bond acceptors (Lipinski definition) is 7. The Morgan fingerprint density at radius 1 is 1.11 bits per heavy atom. The number of amides is 2. The van der Waals surface area contributed by atoms with Gasteiger partial charge in [0.15, 0.2) is 6.61 Å². The highest BCUT2D eigenvalue weighted by molar-refractivity contribution is 7.13. The molecule has 0 saturated carbocycles. The Labute approximate surface area is 165 Å². The van der Waals surface area contributed by atoms with Gasteiger partial charge in [-0.25, -0.2) is 0 Å². The van der Waals surface area contributed by atoms with Crippen LogP contribution in [0.25, 0.3) is 10.7 Å². The molecule has 0 bridgehead atoms. The molecule has 3 rings (SSSR count). The van der Waals surface area contributed by atoms with Gasteiger partial charge in [0.25, 0.3) is 5.91 Å². The van der Waals surface area contributed by atoms with E-state index < -0.39 is 5.91 Å². The third-order valence-corrected chi connectivity index (χ3v) is 4.74. The zero-order valence-corrected chi connectivity index (χ0v) is 16.3. The summed E-state index contributed by atoms with van der Waals surface area (Å²) in [4.78, 5) is 28.9. The Kier molecular flexibility index (Phi) is 6.38. The van der Waals surface area contributed by atoms with E-state index in [0.717, 1.165) is 16.0 Å². The largest absolute Gasteiger partial charge is 0.483 e. The summed E-state index contributed by atoms with van der Waals surface area (Å²) >= 11 is 1.51. The molecule has 0 unspecified atom stereocenters. The molecule has 8 nitrogen and oxygen atoms in total. The fraction of sp³-hybridized carbons (Fsp3) is 0.263. The maximum absolute atomic E-state index is 11.9. The minimum Gasteiger partial charge on any atom is -0.483 e. The molecule has 3 aromatic rings. The van der Waals surface area contributed by atoms with Crippen LogP contribution in [0.3, 0.4) is 0 Å². The third kappa shape index (κ3) is 5.17. The lowest BCUT2D eigenvalue weighted by Crippen LogP contribution is -2.44. The zero-order valence-electron chi connectivity index (χ0n) is 15.5. The number of hydrazine groups is 1. The van der Waals surface area contributed by atoms with Crippen LogP contribution in [0, 0.1) is 13.8 Å². The second kappa shape index (κ2) is 9.14. The average Bonchev–Trinajstić information content (AvgIpc) is 3.35. The van der Waals surface area contributed by atoms with E-state index in [2.05, 4.69) is 21.0 Å². The molecule has 0 aliphatic carbocycles. The first-order valence-corrected chi connectivity index (χ1v) is 9.54. The van der Waals surface area contributed by atoms with Crippen molar-refractivity contribution in [3.63, 3.8) is 0 Å². The van der Waals surface area contributed by atoms with Crippen molar-refractivity contribution in [1.82, 2.24) is 21.0 Å². The number of carbonyl (C=O) groups excluding carboxylic acids is 2. The Morgan fingerprint density at radius 3 is 2.57 bits per heavy atom. The minimum atomic E-state index is -0.450. The SMILES string of the molecule is Cc1cccc(C)c1OCC(=O)NNC(=O)CCc1nc(-c2cccs2)no1. The van der Waals surface area contributed by atoms with Gasteiger partial charge >= 0.3 is 0 Å². The van der Waals surface area contributed by atoms with Crippen molar-refractivity contribution in [2.75, 3.05) is 6.61 Å². The molecular weight excluding hydrogens is 380 g/mol. The van der Waals surface area contributed by atoms with Gasteiger partial charge in [-0.15, -0.1) is 11.3 Å². The highest BCUT2D eigenvalue weighted by Gasteiger charge is 2.12. The number of aromatic nitrogens is 2. The summed E-state index contributed by atoms with van der Waals surface area (Å²) < 4.78 is 10.7. The second-order valence-corrected chi connectivity index (χ2v) is 7.04. The molecule has 0 aliphatic heterocycles. The van der Waals surface area contributed by atoms with Gasteiger partial charge in [-0.1, -0.05) is 29.4 Å². The topological polar surface area (TPSA) is 106 Å². The van der Waals surface area contributed by atoms with E-state index in [1.165, 1.54) is 11.3 Å². The van der Waals surface area contributed by atoms with Crippen LogP contribution >= 0.6 is 11.3 Å². The number of benzene rings is 1. The molecule has 0 atom stereocenters. The van der Waals surface area contributed by atoms with Crippen LogP contribution in [0.1, 0.15) is 23.4 Å². The van der Waals surface area contributed by atoms with Crippen molar-refractivity contribution in [3.05, 3.63) is 52.7 Å². The van der Waals surface area contributed by atoms with E-state index in [1.54, 1.807) is 0 Å². The Bertz CT molecular complexity index is 933. The van der Waals surface area contributed by atoms with E-state index >= 15 is 0 Å². The molecule has 146 valence electrons. The van der Waals surface area contributed by atoms with E-state index in [4.69, 9.17) is 9.26 Å². The number of ether oxygens (including phenoxy) is 1. The fourth-order valence-electron chi connectivity index (χ4n) is 2.49. The van der Waals surface area contributed by atoms with Crippen molar-refractivity contribution in [2.24, 2.45) is 0 Å². The van der Waals surface area contributed by atoms with Crippen molar-refractivity contribution >= 4 is 23.2 Å². The minimum absolute atomic E-state index is 0.101. The van der Waals surface area contributed by atoms with Gasteiger partial charge in [-0.05, 0) is 36.4 Å². The van der Waals surface area contributed by atoms with Gasteiger partial charge in [-0.3, -0.25) is 20.4 Å². The van der Waals surface area contributed by atoms with Crippen LogP contribution in [-0.2, 0) is 16.0 Å². The molecule has 0 saturated heterocycles. The van der Waals surface area contributed by atoms with Crippen molar-refractivity contribution in [3.8, 4) is 16.5 Å². The maximum Gasteiger partial charge on any atom is 0.276 e. The molecule has 2 aromatic heterocycles. The number of nitrogens with one attached hydrogen (secondary N) is 2. The van der Waals surface area contributed by atoms with Crippen molar-refractivity contribution in [1.29, 1.82) is 0 Å². The van der Waals surface area contributed by atoms with Crippen LogP contribution in [0.4, 0.5) is 0 Å². The third-order valence-electron chi connectivity index (χ3n) is 3.87. The predicted molar refractivity (Wildman–Crippen MR) is 104 cm³/mol. The molecule has 0 spiro atoms. The summed E-state index contributed by atoms with van der Waals surface area (Å²) in [6.07, 6.45) is 0.378. The first-order valence-electron chi connectivity index (χ1n) is 8.66. The maximum atomic E-state index is 11.9. The number of para-hydroxylation sites is 1. The smallest absolute Gasteiger partial charge is 0.276 e. The van der Waals surface area contributed by atoms with Crippen LogP contribution in [0.15, 0.2) is 40.2 Å². The van der Waals surface area contributed by atoms with E-state index in [0.29, 0.717) is 17.5 Å². The number of thiophene rings is 1. The lowest BCUT2D eigenvalue weighted by molar-refractivity contribution is -0.130. The fourth-order valence-corrected chi connectivity index (χ4v) is 3.13. The summed E-state index contributed by atoms with van der Waals surface area (Å²) in [5.41, 5.74) is 6.56. The Morgan fingerprint density at radius 2 is 1.86 bits per heavy atom. The van der Waals surface area contributed by atoms with Gasteiger partial charge < -0.3 is 9.26 Å². The van der Waals surface area contributed by atoms with Gasteiger partial charge in [0, 0.05) is 12.8 Å². The summed E-state index contributed by atoms with van der Waals surface area (Å²) in [5, 5.41) is 5.81. The molecule has 0 aliphatic rings. The molecule has 28 heavy (non-hydrogen) atoms. The summed E-state index contributed by atoms with van der Waals surface area (Å²) in [6.45, 7) is 3.62. The molecular formula is C19H20N4O4S. The van der Waals surface area contributed by atoms with Crippen LogP contribution in [-0.4, -0.2) is 28.6 Å². The first-order chi connectivity index (χ1) is 13.5. The van der Waals surface area contributed by atoms with Crippen molar-refractivity contribution < 1.29 is 18.8 Å². The van der Waals surface area contributed by atoms with Gasteiger partial charge in [0.05, 0.1) is 4.88 Å². The summed E-state index contributed by atoms with van der Waals surface area (Å²) in [6, 6.07) is 9.52. The summed E-state index contributed by atoms with van der Waals surface area (Å²) in [5.74, 6) is 0.720. The van der Waals surface area contributed by atoms with Gasteiger partial charge in [-0.2, -0.15) is 4.98 Å². The number of aryl methyl sites for hydroxylation is 3. The number of hydrogen-bond donors (Lipinski definition) is 2. The highest BCUT2D eigenvalue weighted by Crippen LogP contribution is 2.22. The molecule has 2 heterocycles. The van der Waals surface area contributed by atoms with Crippen molar-refractivity contribution in [2.45, 2.75) is 26.7 Å². The van der Waals surface area contributed by atoms with E-state index in [9.17, 15) is 9.59 Å². The standard InChI is InChI=1S/C19H20N4O4S/c1-12-5-3-6-13(2)18(12)26-11-16(25)22-21-15(24)8-9-17-20-19(23-27-17)14-7-4-10-28-14/h3-7,10H,8-9,11H2,1-2H3,(H,21,24)(H,22,25). The van der Waals surface area contributed by atoms with Crippen LogP contribution in [0.5, 0.6) is 5.75 Å². The zero-order chi connectivity index (χ0) is 19.9. The first kappa shape index (κ1) is 19.6. The molecule has 2 N–H and O–H groups in total. The lowest BCUT2D eigenvalue weighted by Gasteiger charge is -2.12. The van der Waals surface area contributed by atoms with Crippen LogP contribution < -0.4 is 15.6 Å². The predicted octanol–water partition coefficient (Wildman–Crippen LogP) is 2.57. The number of rotatable bonds is 7. The van der Waals surface area contributed by atoms with E-state index in [1.807, 2.05) is 49.6 Å². The Balaban J connectivity index is 1.39. The Hall–Kier alpha value is -3.20. The molecule has 0 fully saturated rings. The number of nitrogens with zero attached hydrogens (tertiary/aromatic N) is 2. The molecule has 2 amide bonds. The number of carbonyl (C=O) groups is 2. The highest BCUT2D eigenvalue weighted by atomic mass is 32.1. The molecule has 0 radical (unpaired) electrons. The lowest BCUT2D eigenvalue weighted by atomic mass is 10.1. The average molecular weight is 400 g/mol. The van der Waals surface area contributed by atoms with Gasteiger partial charge in [0.1, 0.15) is 5.75 Å². The molecule has 9 heteroatoms. The van der Waals surface area contributed by atoms with Crippen LogP contribution in [0.2, 0.25) is 0 Å². The van der Waals surface area contributed by atoms with E-state index in [-0.39, 0.29) is 25.4 Å². The molecule has 1 aromatic carbocycles. The quantitative estimate of drug-likeness (QED) is 0.591. The monoisotopic (exact) mass is 400 g/mol. The summed E-state index contributed by atoms with van der Waals surface area (Å²) in [7, 11) is 0. The second-order valence-electron chi connectivity index (χ2n) is 6.09.